The van der Waals surface area contributed by atoms with E-state index < -0.39 is 21.6 Å². The van der Waals surface area contributed by atoms with E-state index in [0.29, 0.717) is 23.6 Å². The zero-order valence-electron chi connectivity index (χ0n) is 24.6. The lowest BCUT2D eigenvalue weighted by molar-refractivity contribution is -0.0486. The molecule has 2 aromatic carbocycles. The van der Waals surface area contributed by atoms with Crippen molar-refractivity contribution in [1.29, 1.82) is 0 Å². The molecule has 5 atom stereocenters. The summed E-state index contributed by atoms with van der Waals surface area (Å²) in [4.78, 5) is 32.0. The fraction of sp³-hybridized carbons (Fsp3) is 0.545. The number of para-hydroxylation sites is 2. The van der Waals surface area contributed by atoms with Crippen LogP contribution in [0.25, 0.3) is 11.0 Å². The van der Waals surface area contributed by atoms with Crippen molar-refractivity contribution in [2.45, 2.75) is 107 Å². The highest BCUT2D eigenvalue weighted by Gasteiger charge is 2.45. The highest BCUT2D eigenvalue weighted by atomic mass is 32.2. The Labute approximate surface area is 252 Å². The molecule has 9 nitrogen and oxygen atoms in total. The van der Waals surface area contributed by atoms with Gasteiger partial charge in [-0.25, -0.2) is 9.78 Å². The van der Waals surface area contributed by atoms with Gasteiger partial charge in [-0.15, -0.1) is 0 Å². The van der Waals surface area contributed by atoms with E-state index in [0.717, 1.165) is 35.8 Å². The highest BCUT2D eigenvalue weighted by Crippen LogP contribution is 2.47. The third-order valence-corrected chi connectivity index (χ3v) is 11.1. The molecule has 3 heterocycles. The first kappa shape index (κ1) is 30.0. The number of hydrogen-bond acceptors (Lipinski definition) is 6. The molecule has 43 heavy (non-hydrogen) atoms. The monoisotopic (exact) mass is 607 g/mol. The molecule has 10 heteroatoms. The summed E-state index contributed by atoms with van der Waals surface area (Å²) >= 11 is 0. The first-order valence-corrected chi connectivity index (χ1v) is 17.1. The summed E-state index contributed by atoms with van der Waals surface area (Å²) in [6, 6.07) is 15.2. The van der Waals surface area contributed by atoms with E-state index in [1.54, 1.807) is 16.7 Å². The largest absolute Gasteiger partial charge is 0.476 e. The lowest BCUT2D eigenvalue weighted by Crippen LogP contribution is -2.58. The molecule has 4 fully saturated rings. The van der Waals surface area contributed by atoms with Gasteiger partial charge in [0.1, 0.15) is 0 Å². The predicted octanol–water partition coefficient (Wildman–Crippen LogP) is 5.86. The molecule has 2 N–H and O–H groups in total. The number of fused-ring (bicyclic) bond motifs is 5. The van der Waals surface area contributed by atoms with Crippen LogP contribution in [0.5, 0.6) is 0 Å². The summed E-state index contributed by atoms with van der Waals surface area (Å²) in [6.45, 7) is 1.84. The fourth-order valence-electron chi connectivity index (χ4n) is 8.50. The maximum atomic E-state index is 13.3. The third kappa shape index (κ3) is 6.28. The zero-order chi connectivity index (χ0) is 30.3. The zero-order valence-corrected chi connectivity index (χ0v) is 25.5. The van der Waals surface area contributed by atoms with Crippen LogP contribution in [0, 0.1) is 18.8 Å². The quantitative estimate of drug-likeness (QED) is 0.353. The molecule has 2 aliphatic heterocycles. The molecule has 7 rings (SSSR count). The van der Waals surface area contributed by atoms with Crippen LogP contribution in [0.15, 0.2) is 58.2 Å². The number of carboxylic acid groups (broad SMARTS) is 1. The molecule has 4 aliphatic rings. The van der Waals surface area contributed by atoms with E-state index in [4.69, 9.17) is 4.55 Å². The Bertz CT molecular complexity index is 1630. The molecule has 0 radical (unpaired) electrons. The van der Waals surface area contributed by atoms with Crippen molar-refractivity contribution in [2.24, 2.45) is 11.8 Å². The van der Waals surface area contributed by atoms with Crippen molar-refractivity contribution in [3.63, 3.8) is 0 Å². The van der Waals surface area contributed by atoms with Crippen LogP contribution in [0.2, 0.25) is 0 Å². The number of rotatable bonds is 4. The van der Waals surface area contributed by atoms with Gasteiger partial charge in [0, 0.05) is 24.2 Å². The van der Waals surface area contributed by atoms with Gasteiger partial charge in [-0.05, 0) is 88.0 Å². The Kier molecular flexibility index (Phi) is 8.45. The molecule has 2 saturated heterocycles. The molecule has 0 amide bonds. The number of carbonyl (C=O) groups is 1. The van der Waals surface area contributed by atoms with Crippen LogP contribution in [-0.2, 0) is 10.1 Å². The van der Waals surface area contributed by atoms with Crippen LogP contribution in [0.1, 0.15) is 92.7 Å². The number of piperidine rings is 2. The number of aryl methyl sites for hydroxylation is 1. The van der Waals surface area contributed by atoms with Crippen LogP contribution in [0.4, 0.5) is 0 Å². The Morgan fingerprint density at radius 2 is 1.42 bits per heavy atom. The fourth-order valence-corrected chi connectivity index (χ4v) is 8.98. The van der Waals surface area contributed by atoms with Crippen LogP contribution in [0.3, 0.4) is 0 Å². The van der Waals surface area contributed by atoms with Crippen molar-refractivity contribution in [3.8, 4) is 0 Å². The van der Waals surface area contributed by atoms with Gasteiger partial charge in [-0.2, -0.15) is 8.42 Å². The Morgan fingerprint density at radius 1 is 0.814 bits per heavy atom. The first-order chi connectivity index (χ1) is 20.6. The van der Waals surface area contributed by atoms with Crippen molar-refractivity contribution in [1.82, 2.24) is 14.5 Å². The van der Waals surface area contributed by atoms with Crippen molar-refractivity contribution >= 4 is 27.1 Å². The minimum atomic E-state index is -4.02. The maximum absolute atomic E-state index is 13.3. The Morgan fingerprint density at radius 3 is 2.02 bits per heavy atom. The molecule has 2 aliphatic carbocycles. The van der Waals surface area contributed by atoms with Gasteiger partial charge in [0.2, 0.25) is 5.69 Å². The Balaban J connectivity index is 0.000000254. The van der Waals surface area contributed by atoms with Gasteiger partial charge >= 0.3 is 5.97 Å². The molecule has 4 bridgehead atoms. The van der Waals surface area contributed by atoms with Crippen LogP contribution >= 0.6 is 0 Å². The SMILES string of the molecule is Cc1ccc(S(=O)(=O)O)cc1.O=C(O)c1nc2ccccc2n(C2C[C@H]3CCC[C@@H](C2)N3C2C[C@H]3CCC[C@H](C2)C3)c1=O. The van der Waals surface area contributed by atoms with Gasteiger partial charge in [0.05, 0.1) is 15.9 Å². The normalized spacial score (nSPS) is 29.0. The van der Waals surface area contributed by atoms with E-state index >= 15 is 0 Å². The molecule has 0 spiro atoms. The average molecular weight is 608 g/mol. The number of benzene rings is 2. The van der Waals surface area contributed by atoms with E-state index in [1.807, 2.05) is 31.2 Å². The summed E-state index contributed by atoms with van der Waals surface area (Å²) in [5.74, 6) is 0.590. The summed E-state index contributed by atoms with van der Waals surface area (Å²) < 4.78 is 31.3. The molecule has 230 valence electrons. The summed E-state index contributed by atoms with van der Waals surface area (Å²) in [5, 5.41) is 9.62. The van der Waals surface area contributed by atoms with Crippen molar-refractivity contribution in [2.75, 3.05) is 0 Å². The molecular formula is C33H41N3O6S. The maximum Gasteiger partial charge on any atom is 0.360 e. The van der Waals surface area contributed by atoms with E-state index in [1.165, 1.54) is 69.9 Å². The lowest BCUT2D eigenvalue weighted by Gasteiger charge is -2.55. The molecule has 2 saturated carbocycles. The number of aromatic carboxylic acids is 1. The highest BCUT2D eigenvalue weighted by molar-refractivity contribution is 7.85. The van der Waals surface area contributed by atoms with Gasteiger partial charge in [0.25, 0.3) is 15.7 Å². The van der Waals surface area contributed by atoms with Crippen LogP contribution in [-0.4, -0.2) is 56.6 Å². The van der Waals surface area contributed by atoms with E-state index in [2.05, 4.69) is 9.88 Å². The van der Waals surface area contributed by atoms with Crippen molar-refractivity contribution in [3.05, 3.63) is 70.1 Å². The van der Waals surface area contributed by atoms with E-state index in [9.17, 15) is 23.1 Å². The van der Waals surface area contributed by atoms with Crippen LogP contribution < -0.4 is 5.56 Å². The number of aromatic nitrogens is 2. The molecule has 1 aromatic heterocycles. The predicted molar refractivity (Wildman–Crippen MR) is 164 cm³/mol. The van der Waals surface area contributed by atoms with Gasteiger partial charge < -0.3 is 9.67 Å². The second-order valence-corrected chi connectivity index (χ2v) is 14.5. The third-order valence-electron chi connectivity index (χ3n) is 10.2. The number of nitrogens with zero attached hydrogens (tertiary/aromatic N) is 3. The van der Waals surface area contributed by atoms with Gasteiger partial charge in [-0.1, -0.05) is 55.5 Å². The number of hydrogen-bond donors (Lipinski definition) is 2. The second kappa shape index (κ2) is 12.1. The standard InChI is InChI=1S/C26H33N3O3.C7H8O3S/c30-25-24(26(31)32)27-22-9-1-2-10-23(22)29(25)21-14-18-7-4-8-19(15-21)28(18)20-12-16-5-3-6-17(11-16)13-20;1-6-2-4-7(5-3-6)11(8,9)10/h1-2,9-10,16-21H,3-8,11-15H2,(H,31,32);2-5H,1H3,(H,8,9,10)/t16-,17-,18-,19+,21?;/m0./s1. The molecule has 1 unspecified atom stereocenters. The minimum absolute atomic E-state index is 0.0446. The summed E-state index contributed by atoms with van der Waals surface area (Å²) in [7, 11) is -4.02. The number of carboxylic acids is 1. The van der Waals surface area contributed by atoms with Gasteiger partial charge in [-0.3, -0.25) is 14.2 Å². The van der Waals surface area contributed by atoms with Crippen molar-refractivity contribution < 1.29 is 22.9 Å². The summed E-state index contributed by atoms with van der Waals surface area (Å²) in [5.41, 5.74) is 1.53. The molecular weight excluding hydrogens is 566 g/mol. The smallest absolute Gasteiger partial charge is 0.360 e. The lowest BCUT2D eigenvalue weighted by atomic mass is 9.68. The Hall–Kier alpha value is -3.08. The topological polar surface area (TPSA) is 130 Å². The van der Waals surface area contributed by atoms with E-state index in [-0.39, 0.29) is 16.6 Å². The molecule has 3 aromatic rings. The van der Waals surface area contributed by atoms with Gasteiger partial charge in [0.15, 0.2) is 0 Å². The summed E-state index contributed by atoms with van der Waals surface area (Å²) in [6.07, 6.45) is 13.9. The first-order valence-electron chi connectivity index (χ1n) is 15.6. The average Bonchev–Trinajstić information content (AvgIpc) is 2.96. The second-order valence-electron chi connectivity index (χ2n) is 13.1. The minimum Gasteiger partial charge on any atom is -0.476 e.